The van der Waals surface area contributed by atoms with Crippen LogP contribution in [0.2, 0.25) is 0 Å². The number of thiazole rings is 1. The van der Waals surface area contributed by atoms with Gasteiger partial charge in [-0.15, -0.1) is 4.73 Å². The van der Waals surface area contributed by atoms with E-state index in [1.165, 1.54) is 88.2 Å². The maximum absolute atomic E-state index is 13.1. The molecule has 9 nitrogen and oxygen atoms in total. The number of hydrogen-bond donors (Lipinski definition) is 1. The molecule has 0 spiro atoms. The minimum atomic E-state index is -0.693. The molecule has 1 amide bonds. The molecule has 0 saturated carbocycles. The molecule has 246 valence electrons. The van der Waals surface area contributed by atoms with Crippen molar-refractivity contribution >= 4 is 17.4 Å². The van der Waals surface area contributed by atoms with Gasteiger partial charge in [-0.3, -0.25) is 9.36 Å². The average molecular weight is 643 g/mol. The van der Waals surface area contributed by atoms with Crippen molar-refractivity contribution in [2.24, 2.45) is 0 Å². The summed E-state index contributed by atoms with van der Waals surface area (Å²) in [5, 5.41) is 4.83. The first-order valence-electron chi connectivity index (χ1n) is 16.2. The van der Waals surface area contributed by atoms with Gasteiger partial charge in [0.05, 0.1) is 24.2 Å². The van der Waals surface area contributed by atoms with Crippen LogP contribution in [0.25, 0.3) is 0 Å². The van der Waals surface area contributed by atoms with Gasteiger partial charge >= 0.3 is 11.8 Å². The molecule has 0 radical (unpaired) electrons. The lowest BCUT2D eigenvalue weighted by atomic mass is 10.0. The number of carbonyl (C=O) groups is 1. The third-order valence-electron chi connectivity index (χ3n) is 7.88. The Hall–Kier alpha value is -2.17. The summed E-state index contributed by atoms with van der Waals surface area (Å²) in [5.41, 5.74) is 1.19. The van der Waals surface area contributed by atoms with Crippen LogP contribution in [0.4, 0.5) is 4.79 Å². The number of nitrogens with zero attached hydrogens (tertiary/aromatic N) is 3. The van der Waals surface area contributed by atoms with Gasteiger partial charge < -0.3 is 27.3 Å². The molecule has 2 rings (SSSR count). The molecule has 2 aromatic heterocycles. The molecule has 0 fully saturated rings. The van der Waals surface area contributed by atoms with Crippen molar-refractivity contribution < 1.29 is 31.3 Å². The van der Waals surface area contributed by atoms with Crippen LogP contribution < -0.4 is 38.4 Å². The molecule has 0 aliphatic heterocycles. The third kappa shape index (κ3) is 15.4. The highest BCUT2D eigenvalue weighted by Crippen LogP contribution is 2.14. The topological polar surface area (TPSA) is 95.4 Å². The Morgan fingerprint density at radius 2 is 1.58 bits per heavy atom. The van der Waals surface area contributed by atoms with Crippen molar-refractivity contribution in [1.82, 2.24) is 14.6 Å². The Kier molecular flexibility index (Phi) is 21.0. The molecule has 11 heteroatoms. The van der Waals surface area contributed by atoms with Gasteiger partial charge in [0.25, 0.3) is 5.56 Å². The Balaban J connectivity index is 0.00000924. The number of hydrogen-bond acceptors (Lipinski definition) is 6. The highest BCUT2D eigenvalue weighted by Gasteiger charge is 2.19. The number of rotatable bonds is 23. The fourth-order valence-electron chi connectivity index (χ4n) is 5.10. The van der Waals surface area contributed by atoms with Gasteiger partial charge in [0, 0.05) is 25.1 Å². The van der Waals surface area contributed by atoms with Crippen molar-refractivity contribution in [2.45, 2.75) is 149 Å². The molecule has 0 aromatic carbocycles. The van der Waals surface area contributed by atoms with Crippen LogP contribution in [0.3, 0.4) is 0 Å². The zero-order valence-electron chi connectivity index (χ0n) is 26.9. The average Bonchev–Trinajstić information content (AvgIpc) is 3.51. The zero-order valence-corrected chi connectivity index (χ0v) is 28.4. The van der Waals surface area contributed by atoms with Crippen LogP contribution in [0.5, 0.6) is 0 Å². The van der Waals surface area contributed by atoms with E-state index < -0.39 is 17.3 Å². The second kappa shape index (κ2) is 23.2. The predicted octanol–water partition coefficient (Wildman–Crippen LogP) is 3.04. The summed E-state index contributed by atoms with van der Waals surface area (Å²) >= 11 is 1.53. The van der Waals surface area contributed by atoms with Gasteiger partial charge in [-0.2, -0.15) is 4.57 Å². The van der Waals surface area contributed by atoms with Crippen LogP contribution in [0.1, 0.15) is 123 Å². The monoisotopic (exact) mass is 642 g/mol. The quantitative estimate of drug-likeness (QED) is 0.149. The van der Waals surface area contributed by atoms with Crippen molar-refractivity contribution in [3.8, 4) is 0 Å². The van der Waals surface area contributed by atoms with E-state index in [1.54, 1.807) is 7.11 Å². The molecule has 0 saturated heterocycles. The van der Waals surface area contributed by atoms with Crippen molar-refractivity contribution in [1.29, 1.82) is 0 Å². The lowest BCUT2D eigenvalue weighted by molar-refractivity contribution is -0.693. The summed E-state index contributed by atoms with van der Waals surface area (Å²) in [6.45, 7) is 6.75. The summed E-state index contributed by atoms with van der Waals surface area (Å²) in [4.78, 5) is 44.5. The SMILES string of the molecule is CCCCCCCCCCCCCCCC(CC)NC(=O)On1cc(CC(C)OC)c(=O)n(CC[n+]2ccsc2)c1=O.[Cl-]. The number of carbonyl (C=O) groups excluding carboxylic acids is 1. The first-order chi connectivity index (χ1) is 20.4. The van der Waals surface area contributed by atoms with E-state index in [1.807, 2.05) is 35.5 Å². The summed E-state index contributed by atoms with van der Waals surface area (Å²) in [6.07, 6.45) is 21.1. The highest BCUT2D eigenvalue weighted by molar-refractivity contribution is 7.07. The summed E-state index contributed by atoms with van der Waals surface area (Å²) in [6, 6.07) is -0.0326. The molecule has 1 N–H and O–H groups in total. The fraction of sp³-hybridized carbons (Fsp3) is 0.750. The summed E-state index contributed by atoms with van der Waals surface area (Å²) in [5.74, 6) is 0. The van der Waals surface area contributed by atoms with Crippen LogP contribution >= 0.6 is 11.3 Å². The van der Waals surface area contributed by atoms with Gasteiger partial charge in [0.2, 0.25) is 5.51 Å². The lowest BCUT2D eigenvalue weighted by Gasteiger charge is -2.18. The summed E-state index contributed by atoms with van der Waals surface area (Å²) < 4.78 is 9.24. The largest absolute Gasteiger partial charge is 1.00 e. The second-order valence-corrected chi connectivity index (χ2v) is 12.1. The predicted molar refractivity (Wildman–Crippen MR) is 169 cm³/mol. The number of nitrogens with one attached hydrogen (secondary N) is 1. The maximum Gasteiger partial charge on any atom is 0.432 e. The molecule has 0 aliphatic rings. The molecule has 2 heterocycles. The molecule has 43 heavy (non-hydrogen) atoms. The Morgan fingerprint density at radius 3 is 2.12 bits per heavy atom. The number of ether oxygens (including phenoxy) is 1. The summed E-state index contributed by atoms with van der Waals surface area (Å²) in [7, 11) is 1.57. The van der Waals surface area contributed by atoms with Crippen molar-refractivity contribution in [2.75, 3.05) is 7.11 Å². The minimum absolute atomic E-state index is 0. The number of aromatic nitrogens is 3. The lowest BCUT2D eigenvalue weighted by Crippen LogP contribution is -3.00. The molecule has 0 bridgehead atoms. The van der Waals surface area contributed by atoms with E-state index in [0.29, 0.717) is 18.5 Å². The van der Waals surface area contributed by atoms with Crippen LogP contribution in [0, 0.1) is 0 Å². The standard InChI is InChI=1S/C32H54N4O5S.ClH/c1-5-7-8-9-10-11-12-13-14-15-16-17-18-19-29(6-2)33-31(38)41-36-25-28(24-27(3)40-4)30(37)35(32(36)39)21-20-34-22-23-42-26-34;/h22-23,25-27,29H,5-21,24H2,1-4H3;1H. The third-order valence-corrected chi connectivity index (χ3v) is 8.55. The van der Waals surface area contributed by atoms with E-state index in [2.05, 4.69) is 12.2 Å². The van der Waals surface area contributed by atoms with Crippen molar-refractivity contribution in [3.63, 3.8) is 0 Å². The van der Waals surface area contributed by atoms with Gasteiger partial charge in [-0.1, -0.05) is 109 Å². The van der Waals surface area contributed by atoms with Gasteiger partial charge in [0.15, 0.2) is 12.7 Å². The number of methoxy groups -OCH3 is 1. The molecule has 2 aromatic rings. The fourth-order valence-corrected chi connectivity index (χ4v) is 5.73. The smallest absolute Gasteiger partial charge is 0.432 e. The number of unbranched alkanes of at least 4 members (excludes halogenated alkanes) is 12. The molecule has 0 aliphatic carbocycles. The van der Waals surface area contributed by atoms with Crippen LogP contribution in [-0.4, -0.2) is 34.6 Å². The van der Waals surface area contributed by atoms with Gasteiger partial charge in [0.1, 0.15) is 0 Å². The van der Waals surface area contributed by atoms with Crippen LogP contribution in [-0.2, 0) is 24.2 Å². The van der Waals surface area contributed by atoms with E-state index in [9.17, 15) is 14.4 Å². The zero-order chi connectivity index (χ0) is 30.6. The second-order valence-electron chi connectivity index (χ2n) is 11.4. The van der Waals surface area contributed by atoms with Gasteiger partial charge in [-0.25, -0.2) is 9.59 Å². The van der Waals surface area contributed by atoms with Crippen LogP contribution in [0.15, 0.2) is 32.9 Å². The Bertz CT molecular complexity index is 1120. The van der Waals surface area contributed by atoms with E-state index in [4.69, 9.17) is 9.57 Å². The Morgan fingerprint density at radius 1 is 0.977 bits per heavy atom. The highest BCUT2D eigenvalue weighted by atomic mass is 35.5. The Labute approximate surface area is 268 Å². The molecular formula is C32H55ClN4O5S. The first-order valence-corrected chi connectivity index (χ1v) is 17.1. The number of aryl methyl sites for hydroxylation is 1. The normalized spacial score (nSPS) is 12.5. The van der Waals surface area contributed by atoms with E-state index in [-0.39, 0.29) is 31.1 Å². The van der Waals surface area contributed by atoms with E-state index in [0.717, 1.165) is 35.0 Å². The molecule has 2 unspecified atom stereocenters. The first kappa shape index (κ1) is 38.9. The van der Waals surface area contributed by atoms with E-state index >= 15 is 0 Å². The van der Waals surface area contributed by atoms with Crippen molar-refractivity contribution in [3.05, 3.63) is 49.7 Å². The molecular weight excluding hydrogens is 588 g/mol. The molecule has 2 atom stereocenters. The van der Waals surface area contributed by atoms with Gasteiger partial charge in [-0.05, 0) is 19.8 Å². The number of amides is 1. The maximum atomic E-state index is 13.1. The minimum Gasteiger partial charge on any atom is -1.00 e. The number of halogens is 1.